The number of nitrogens with zero attached hydrogens (tertiary/aromatic N) is 4. The van der Waals surface area contributed by atoms with E-state index >= 15 is 0 Å². The van der Waals surface area contributed by atoms with Gasteiger partial charge in [-0.2, -0.15) is 0 Å². The van der Waals surface area contributed by atoms with Gasteiger partial charge < -0.3 is 10.6 Å². The lowest BCUT2D eigenvalue weighted by Crippen LogP contribution is -2.35. The van der Waals surface area contributed by atoms with Gasteiger partial charge in [0.1, 0.15) is 12.2 Å². The third-order valence-corrected chi connectivity index (χ3v) is 2.66. The lowest BCUT2D eigenvalue weighted by atomic mass is 10.0. The minimum absolute atomic E-state index is 0.00581. The van der Waals surface area contributed by atoms with Crippen LogP contribution in [0.2, 0.25) is 0 Å². The van der Waals surface area contributed by atoms with Gasteiger partial charge in [0.05, 0.1) is 11.7 Å². The molecule has 0 unspecified atom stereocenters. The van der Waals surface area contributed by atoms with E-state index in [1.807, 2.05) is 27.7 Å². The topological polar surface area (TPSA) is 77.0 Å². The first-order chi connectivity index (χ1) is 7.71. The Balaban J connectivity index is 2.71. The van der Waals surface area contributed by atoms with Crippen molar-refractivity contribution in [2.75, 3.05) is 7.05 Å². The van der Waals surface area contributed by atoms with E-state index in [2.05, 4.69) is 10.3 Å². The molecule has 0 fully saturated rings. The summed E-state index contributed by atoms with van der Waals surface area (Å²) in [6.45, 7) is 7.83. The van der Waals surface area contributed by atoms with Gasteiger partial charge in [-0.05, 0) is 27.7 Å². The minimum atomic E-state index is -0.536. The molecule has 0 bridgehead atoms. The molecule has 0 saturated carbocycles. The van der Waals surface area contributed by atoms with Crippen LogP contribution in [0.3, 0.4) is 0 Å². The molecule has 1 aromatic rings. The van der Waals surface area contributed by atoms with Crippen LogP contribution in [0.4, 0.5) is 0 Å². The van der Waals surface area contributed by atoms with Crippen molar-refractivity contribution in [3.05, 3.63) is 11.9 Å². The Bertz CT molecular complexity index is 391. The molecule has 0 atom stereocenters. The fourth-order valence-electron chi connectivity index (χ4n) is 1.21. The van der Waals surface area contributed by atoms with Crippen molar-refractivity contribution in [3.8, 4) is 0 Å². The Hall–Kier alpha value is -1.43. The van der Waals surface area contributed by atoms with Gasteiger partial charge >= 0.3 is 0 Å². The van der Waals surface area contributed by atoms with Crippen LogP contribution in [0.5, 0.6) is 0 Å². The third kappa shape index (κ3) is 3.52. The summed E-state index contributed by atoms with van der Waals surface area (Å²) in [7, 11) is 1.78. The number of amides is 1. The summed E-state index contributed by atoms with van der Waals surface area (Å²) in [5, 5.41) is 7.87. The molecule has 6 heteroatoms. The first-order valence-electron chi connectivity index (χ1n) is 5.67. The van der Waals surface area contributed by atoms with Gasteiger partial charge in [-0.1, -0.05) is 5.21 Å². The van der Waals surface area contributed by atoms with Crippen molar-refractivity contribution in [1.82, 2.24) is 19.9 Å². The van der Waals surface area contributed by atoms with Gasteiger partial charge in [0, 0.05) is 13.1 Å². The third-order valence-electron chi connectivity index (χ3n) is 2.66. The van der Waals surface area contributed by atoms with Crippen LogP contribution in [0.1, 0.15) is 33.4 Å². The highest BCUT2D eigenvalue weighted by Gasteiger charge is 2.19. The Morgan fingerprint density at radius 1 is 1.59 bits per heavy atom. The zero-order chi connectivity index (χ0) is 13.2. The predicted octanol–water partition coefficient (Wildman–Crippen LogP) is 0.339. The van der Waals surface area contributed by atoms with Crippen LogP contribution in [-0.2, 0) is 16.9 Å². The molecule has 6 nitrogen and oxygen atoms in total. The quantitative estimate of drug-likeness (QED) is 0.822. The zero-order valence-corrected chi connectivity index (χ0v) is 11.1. The SMILES string of the molecule is CC(C)N(C)C(=O)Cn1cc(C(C)(C)N)nn1. The number of rotatable bonds is 4. The molecular weight excluding hydrogens is 218 g/mol. The maximum atomic E-state index is 11.8. The number of hydrogen-bond donors (Lipinski definition) is 1. The van der Waals surface area contributed by atoms with E-state index in [4.69, 9.17) is 5.73 Å². The summed E-state index contributed by atoms with van der Waals surface area (Å²) < 4.78 is 1.52. The van der Waals surface area contributed by atoms with E-state index < -0.39 is 5.54 Å². The van der Waals surface area contributed by atoms with Gasteiger partial charge in [-0.25, -0.2) is 4.68 Å². The molecule has 0 radical (unpaired) electrons. The first kappa shape index (κ1) is 13.6. The van der Waals surface area contributed by atoms with Crippen LogP contribution in [-0.4, -0.2) is 38.9 Å². The van der Waals surface area contributed by atoms with Crippen LogP contribution < -0.4 is 5.73 Å². The first-order valence-corrected chi connectivity index (χ1v) is 5.67. The number of likely N-dealkylation sites (N-methyl/N-ethyl adjacent to an activating group) is 1. The van der Waals surface area contributed by atoms with Crippen molar-refractivity contribution in [3.63, 3.8) is 0 Å². The van der Waals surface area contributed by atoms with Crippen molar-refractivity contribution in [1.29, 1.82) is 0 Å². The van der Waals surface area contributed by atoms with Crippen molar-refractivity contribution < 1.29 is 4.79 Å². The fraction of sp³-hybridized carbons (Fsp3) is 0.727. The van der Waals surface area contributed by atoms with Crippen molar-refractivity contribution in [2.45, 2.75) is 45.8 Å². The molecule has 0 aliphatic heterocycles. The Morgan fingerprint density at radius 3 is 2.59 bits per heavy atom. The molecule has 0 aliphatic rings. The van der Waals surface area contributed by atoms with E-state index in [-0.39, 0.29) is 18.5 Å². The summed E-state index contributed by atoms with van der Waals surface area (Å²) in [5.74, 6) is 0.00581. The summed E-state index contributed by atoms with van der Waals surface area (Å²) in [6, 6.07) is 0.177. The second-order valence-electron chi connectivity index (χ2n) is 5.12. The van der Waals surface area contributed by atoms with E-state index in [1.165, 1.54) is 4.68 Å². The van der Waals surface area contributed by atoms with Gasteiger partial charge in [-0.3, -0.25) is 4.79 Å². The van der Waals surface area contributed by atoms with Gasteiger partial charge in [0.2, 0.25) is 5.91 Å². The summed E-state index contributed by atoms with van der Waals surface area (Å²) in [4.78, 5) is 13.5. The maximum Gasteiger partial charge on any atom is 0.244 e. The Kier molecular flexibility index (Phi) is 3.87. The summed E-state index contributed by atoms with van der Waals surface area (Å²) in [5.41, 5.74) is 6.04. The molecule has 1 amide bonds. The fourth-order valence-corrected chi connectivity index (χ4v) is 1.21. The number of aromatic nitrogens is 3. The second kappa shape index (κ2) is 4.83. The number of carbonyl (C=O) groups is 1. The van der Waals surface area contributed by atoms with Crippen molar-refractivity contribution in [2.24, 2.45) is 5.73 Å². The molecule has 0 saturated heterocycles. The maximum absolute atomic E-state index is 11.8. The highest BCUT2D eigenvalue weighted by Crippen LogP contribution is 2.12. The minimum Gasteiger partial charge on any atom is -0.342 e. The number of nitrogens with two attached hydrogens (primary N) is 1. The molecule has 1 rings (SSSR count). The standard InChI is InChI=1S/C11H21N5O/c1-8(2)15(5)10(17)7-16-6-9(13-14-16)11(3,4)12/h6,8H,7,12H2,1-5H3. The molecular formula is C11H21N5O. The van der Waals surface area contributed by atoms with Gasteiger partial charge in [0.25, 0.3) is 0 Å². The lowest BCUT2D eigenvalue weighted by molar-refractivity contribution is -0.132. The van der Waals surface area contributed by atoms with E-state index in [1.54, 1.807) is 18.1 Å². The molecule has 2 N–H and O–H groups in total. The predicted molar refractivity (Wildman–Crippen MR) is 65.1 cm³/mol. The monoisotopic (exact) mass is 239 g/mol. The molecule has 1 heterocycles. The summed E-state index contributed by atoms with van der Waals surface area (Å²) >= 11 is 0. The molecule has 96 valence electrons. The van der Waals surface area contributed by atoms with Crippen LogP contribution >= 0.6 is 0 Å². The van der Waals surface area contributed by atoms with Gasteiger partial charge in [-0.15, -0.1) is 5.10 Å². The zero-order valence-electron chi connectivity index (χ0n) is 11.1. The Labute approximate surface area is 102 Å². The molecule has 0 spiro atoms. The summed E-state index contributed by atoms with van der Waals surface area (Å²) in [6.07, 6.45) is 1.71. The van der Waals surface area contributed by atoms with E-state index in [9.17, 15) is 4.79 Å². The number of carbonyl (C=O) groups excluding carboxylic acids is 1. The molecule has 1 aromatic heterocycles. The Morgan fingerprint density at radius 2 is 2.18 bits per heavy atom. The molecule has 17 heavy (non-hydrogen) atoms. The van der Waals surface area contributed by atoms with E-state index in [0.29, 0.717) is 5.69 Å². The normalized spacial score (nSPS) is 11.9. The van der Waals surface area contributed by atoms with Crippen molar-refractivity contribution >= 4 is 5.91 Å². The smallest absolute Gasteiger partial charge is 0.244 e. The highest BCUT2D eigenvalue weighted by molar-refractivity contribution is 5.75. The molecule has 0 aliphatic carbocycles. The van der Waals surface area contributed by atoms with Crippen LogP contribution in [0.25, 0.3) is 0 Å². The highest BCUT2D eigenvalue weighted by atomic mass is 16.2. The van der Waals surface area contributed by atoms with Crippen LogP contribution in [0.15, 0.2) is 6.20 Å². The number of hydrogen-bond acceptors (Lipinski definition) is 4. The van der Waals surface area contributed by atoms with E-state index in [0.717, 1.165) is 0 Å². The largest absolute Gasteiger partial charge is 0.342 e. The molecule has 0 aromatic carbocycles. The average molecular weight is 239 g/mol. The average Bonchev–Trinajstić information content (AvgIpc) is 2.64. The lowest BCUT2D eigenvalue weighted by Gasteiger charge is -2.21. The second-order valence-corrected chi connectivity index (χ2v) is 5.12. The van der Waals surface area contributed by atoms with Gasteiger partial charge in [0.15, 0.2) is 0 Å². The van der Waals surface area contributed by atoms with Crippen LogP contribution in [0, 0.1) is 0 Å².